The first kappa shape index (κ1) is 22.4. The smallest absolute Gasteiger partial charge is 0.191 e. The molecule has 0 radical (unpaired) electrons. The average Bonchev–Trinajstić information content (AvgIpc) is 3.19. The summed E-state index contributed by atoms with van der Waals surface area (Å²) in [6, 6.07) is 3.26. The standard InChI is InChI=1S/C19H28FN7.HI/c1-5-21-19(23-11-16-13(2)25-26(4)14(16)3)24-15-8-10-27(12-15)18-17(20)7-6-9-22-18;/h6-7,9,15H,5,8,10-12H2,1-4H3,(H2,21,23,24);1H. The summed E-state index contributed by atoms with van der Waals surface area (Å²) in [5.41, 5.74) is 3.29. The summed E-state index contributed by atoms with van der Waals surface area (Å²) < 4.78 is 15.9. The molecule has 3 rings (SSSR count). The molecule has 0 amide bonds. The zero-order valence-corrected chi connectivity index (χ0v) is 19.2. The van der Waals surface area contributed by atoms with Crippen molar-refractivity contribution in [1.29, 1.82) is 0 Å². The van der Waals surface area contributed by atoms with Crippen LogP contribution < -0.4 is 15.5 Å². The van der Waals surface area contributed by atoms with Crippen LogP contribution in [0.3, 0.4) is 0 Å². The summed E-state index contributed by atoms with van der Waals surface area (Å²) in [7, 11) is 1.95. The van der Waals surface area contributed by atoms with Crippen LogP contribution in [-0.4, -0.2) is 46.4 Å². The fourth-order valence-corrected chi connectivity index (χ4v) is 3.40. The molecule has 0 spiro atoms. The molecular formula is C19H29FIN7. The maximum Gasteiger partial charge on any atom is 0.191 e. The van der Waals surface area contributed by atoms with Crippen molar-refractivity contribution in [2.24, 2.45) is 12.0 Å². The van der Waals surface area contributed by atoms with Crippen molar-refractivity contribution in [3.05, 3.63) is 41.1 Å². The first-order chi connectivity index (χ1) is 13.0. The molecule has 1 fully saturated rings. The number of halogens is 2. The summed E-state index contributed by atoms with van der Waals surface area (Å²) in [5.74, 6) is 0.917. The number of hydrogen-bond acceptors (Lipinski definition) is 4. The second-order valence-corrected chi connectivity index (χ2v) is 6.85. The Morgan fingerprint density at radius 2 is 2.18 bits per heavy atom. The number of rotatable bonds is 5. The molecule has 0 aliphatic carbocycles. The minimum Gasteiger partial charge on any atom is -0.357 e. The van der Waals surface area contributed by atoms with E-state index < -0.39 is 0 Å². The van der Waals surface area contributed by atoms with E-state index >= 15 is 0 Å². The molecule has 0 aromatic carbocycles. The highest BCUT2D eigenvalue weighted by atomic mass is 127. The van der Waals surface area contributed by atoms with Crippen LogP contribution in [0.25, 0.3) is 0 Å². The van der Waals surface area contributed by atoms with Gasteiger partial charge in [-0.2, -0.15) is 5.10 Å². The first-order valence-corrected chi connectivity index (χ1v) is 9.39. The molecule has 2 N–H and O–H groups in total. The quantitative estimate of drug-likeness (QED) is 0.375. The predicted octanol–water partition coefficient (Wildman–Crippen LogP) is 2.52. The van der Waals surface area contributed by atoms with Gasteiger partial charge in [0, 0.05) is 50.2 Å². The van der Waals surface area contributed by atoms with Gasteiger partial charge in [-0.05, 0) is 39.3 Å². The number of nitrogens with one attached hydrogen (secondary N) is 2. The van der Waals surface area contributed by atoms with Crippen molar-refractivity contribution >= 4 is 35.8 Å². The van der Waals surface area contributed by atoms with E-state index in [9.17, 15) is 4.39 Å². The van der Waals surface area contributed by atoms with Crippen molar-refractivity contribution in [2.45, 2.75) is 39.8 Å². The monoisotopic (exact) mass is 501 g/mol. The number of aryl methyl sites for hydroxylation is 2. The minimum atomic E-state index is -0.277. The molecular weight excluding hydrogens is 472 g/mol. The van der Waals surface area contributed by atoms with Gasteiger partial charge in [0.25, 0.3) is 0 Å². The van der Waals surface area contributed by atoms with Crippen molar-refractivity contribution in [1.82, 2.24) is 25.4 Å². The Morgan fingerprint density at radius 3 is 2.82 bits per heavy atom. The third-order valence-electron chi connectivity index (χ3n) is 4.97. The number of guanidine groups is 1. The number of anilines is 1. The van der Waals surface area contributed by atoms with Gasteiger partial charge in [0.05, 0.1) is 12.2 Å². The molecule has 2 aromatic heterocycles. The number of aliphatic imine (C=N–C) groups is 1. The third kappa shape index (κ3) is 5.12. The van der Waals surface area contributed by atoms with E-state index in [1.807, 2.05) is 30.5 Å². The lowest BCUT2D eigenvalue weighted by Crippen LogP contribution is -2.44. The Kier molecular flexibility index (Phi) is 8.02. The molecule has 1 atom stereocenters. The lowest BCUT2D eigenvalue weighted by Gasteiger charge is -2.20. The van der Waals surface area contributed by atoms with Gasteiger partial charge in [-0.25, -0.2) is 14.4 Å². The van der Waals surface area contributed by atoms with Crippen molar-refractivity contribution in [3.8, 4) is 0 Å². The van der Waals surface area contributed by atoms with Gasteiger partial charge in [0.15, 0.2) is 17.6 Å². The second-order valence-electron chi connectivity index (χ2n) is 6.85. The van der Waals surface area contributed by atoms with E-state index in [1.165, 1.54) is 6.07 Å². The Morgan fingerprint density at radius 1 is 1.39 bits per heavy atom. The summed E-state index contributed by atoms with van der Waals surface area (Å²) in [6.07, 6.45) is 2.54. The van der Waals surface area contributed by atoms with E-state index in [1.54, 1.807) is 12.3 Å². The number of hydrogen-bond donors (Lipinski definition) is 2. The van der Waals surface area contributed by atoms with Gasteiger partial charge >= 0.3 is 0 Å². The fraction of sp³-hybridized carbons (Fsp3) is 0.526. The van der Waals surface area contributed by atoms with Crippen molar-refractivity contribution < 1.29 is 4.39 Å². The van der Waals surface area contributed by atoms with Gasteiger partial charge in [-0.15, -0.1) is 24.0 Å². The molecule has 154 valence electrons. The van der Waals surface area contributed by atoms with E-state index in [2.05, 4.69) is 27.6 Å². The van der Waals surface area contributed by atoms with Gasteiger partial charge in [-0.1, -0.05) is 0 Å². The average molecular weight is 501 g/mol. The second kappa shape index (κ2) is 10.0. The fourth-order valence-electron chi connectivity index (χ4n) is 3.40. The Bertz CT molecular complexity index is 821. The lowest BCUT2D eigenvalue weighted by molar-refractivity contribution is 0.612. The zero-order valence-electron chi connectivity index (χ0n) is 16.9. The molecule has 1 unspecified atom stereocenters. The van der Waals surface area contributed by atoms with Crippen LogP contribution in [0, 0.1) is 19.7 Å². The molecule has 0 bridgehead atoms. The highest BCUT2D eigenvalue weighted by Crippen LogP contribution is 2.20. The van der Waals surface area contributed by atoms with Crippen LogP contribution in [0.1, 0.15) is 30.3 Å². The minimum absolute atomic E-state index is 0. The van der Waals surface area contributed by atoms with Crippen LogP contribution in [-0.2, 0) is 13.6 Å². The molecule has 1 aliphatic heterocycles. The van der Waals surface area contributed by atoms with Gasteiger partial charge in [0.2, 0.25) is 0 Å². The van der Waals surface area contributed by atoms with Crippen LogP contribution in [0.2, 0.25) is 0 Å². The van der Waals surface area contributed by atoms with E-state index in [-0.39, 0.29) is 35.8 Å². The molecule has 2 aromatic rings. The van der Waals surface area contributed by atoms with Crippen LogP contribution in [0.5, 0.6) is 0 Å². The number of aromatic nitrogens is 3. The molecule has 0 saturated carbocycles. The van der Waals surface area contributed by atoms with Gasteiger partial charge in [0.1, 0.15) is 0 Å². The largest absolute Gasteiger partial charge is 0.357 e. The Labute approximate surface area is 182 Å². The zero-order chi connectivity index (χ0) is 19.4. The lowest BCUT2D eigenvalue weighted by atomic mass is 10.2. The summed E-state index contributed by atoms with van der Waals surface area (Å²) in [4.78, 5) is 10.9. The normalized spacial score (nSPS) is 16.8. The predicted molar refractivity (Wildman–Crippen MR) is 121 cm³/mol. The Hall–Kier alpha value is -1.91. The topological polar surface area (TPSA) is 70.4 Å². The van der Waals surface area contributed by atoms with Gasteiger partial charge in [-0.3, -0.25) is 4.68 Å². The highest BCUT2D eigenvalue weighted by Gasteiger charge is 2.26. The summed E-state index contributed by atoms with van der Waals surface area (Å²) in [5, 5.41) is 11.2. The van der Waals surface area contributed by atoms with Crippen molar-refractivity contribution in [3.63, 3.8) is 0 Å². The van der Waals surface area contributed by atoms with E-state index in [0.717, 1.165) is 42.4 Å². The van der Waals surface area contributed by atoms with Crippen LogP contribution in [0.15, 0.2) is 23.3 Å². The molecule has 3 heterocycles. The SMILES string of the molecule is CCNC(=NCc1c(C)nn(C)c1C)NC1CCN(c2ncccc2F)C1.I. The molecule has 28 heavy (non-hydrogen) atoms. The first-order valence-electron chi connectivity index (χ1n) is 9.39. The van der Waals surface area contributed by atoms with Crippen molar-refractivity contribution in [2.75, 3.05) is 24.5 Å². The number of pyridine rings is 1. The molecule has 7 nitrogen and oxygen atoms in total. The maximum absolute atomic E-state index is 14.0. The van der Waals surface area contributed by atoms with Crippen LogP contribution in [0.4, 0.5) is 10.2 Å². The van der Waals surface area contributed by atoms with E-state index in [0.29, 0.717) is 18.9 Å². The molecule has 1 saturated heterocycles. The summed E-state index contributed by atoms with van der Waals surface area (Å²) in [6.45, 7) is 8.93. The molecule has 9 heteroatoms. The van der Waals surface area contributed by atoms with E-state index in [4.69, 9.17) is 4.99 Å². The highest BCUT2D eigenvalue weighted by molar-refractivity contribution is 14.0. The summed E-state index contributed by atoms with van der Waals surface area (Å²) >= 11 is 0. The number of nitrogens with zero attached hydrogens (tertiary/aromatic N) is 5. The van der Waals surface area contributed by atoms with Gasteiger partial charge < -0.3 is 15.5 Å². The van der Waals surface area contributed by atoms with Crippen LogP contribution >= 0.6 is 24.0 Å². The third-order valence-corrected chi connectivity index (χ3v) is 4.97. The Balaban J connectivity index is 0.00000280. The maximum atomic E-state index is 14.0. The molecule has 1 aliphatic rings.